The molecule has 9 nitrogen and oxygen atoms in total. The van der Waals surface area contributed by atoms with Gasteiger partial charge >= 0.3 is 6.09 Å². The first kappa shape index (κ1) is 27.6. The minimum atomic E-state index is -3.64. The third-order valence-corrected chi connectivity index (χ3v) is 5.68. The molecule has 2 rings (SSSR count). The summed E-state index contributed by atoms with van der Waals surface area (Å²) in [6.45, 7) is 7.40. The van der Waals surface area contributed by atoms with E-state index in [0.717, 1.165) is 5.56 Å². The van der Waals surface area contributed by atoms with Gasteiger partial charge in [-0.1, -0.05) is 30.3 Å². The van der Waals surface area contributed by atoms with Gasteiger partial charge < -0.3 is 24.3 Å². The minimum Gasteiger partial charge on any atom is -0.489 e. The summed E-state index contributed by atoms with van der Waals surface area (Å²) in [6.07, 6.45) is -0.492. The summed E-state index contributed by atoms with van der Waals surface area (Å²) >= 11 is 0. The van der Waals surface area contributed by atoms with Gasteiger partial charge in [-0.25, -0.2) is 17.9 Å². The van der Waals surface area contributed by atoms with Gasteiger partial charge in [0.05, 0.1) is 31.3 Å². The van der Waals surface area contributed by atoms with Crippen LogP contribution < -0.4 is 14.8 Å². The van der Waals surface area contributed by atoms with Gasteiger partial charge in [-0.2, -0.15) is 0 Å². The van der Waals surface area contributed by atoms with Crippen LogP contribution in [0, 0.1) is 0 Å². The Morgan fingerprint density at radius 3 is 2.09 bits per heavy atom. The second-order valence-electron chi connectivity index (χ2n) is 8.30. The molecule has 2 N–H and O–H groups in total. The van der Waals surface area contributed by atoms with E-state index in [1.54, 1.807) is 32.9 Å². The van der Waals surface area contributed by atoms with Crippen molar-refractivity contribution in [3.8, 4) is 5.75 Å². The normalized spacial score (nSPS) is 11.7. The summed E-state index contributed by atoms with van der Waals surface area (Å²) in [7, 11) is -3.64. The number of carbonyl (C=O) groups excluding carboxylic acids is 1. The highest BCUT2D eigenvalue weighted by atomic mass is 32.2. The lowest BCUT2D eigenvalue weighted by atomic mass is 10.2. The van der Waals surface area contributed by atoms with Gasteiger partial charge in [0.2, 0.25) is 10.0 Å². The monoisotopic (exact) mass is 494 g/mol. The van der Waals surface area contributed by atoms with Crippen molar-refractivity contribution in [3.05, 3.63) is 60.2 Å². The Morgan fingerprint density at radius 1 is 0.853 bits per heavy atom. The molecular weight excluding hydrogens is 460 g/mol. The summed E-state index contributed by atoms with van der Waals surface area (Å²) in [5.41, 5.74) is 0.490. The average molecular weight is 495 g/mol. The molecule has 2 aromatic carbocycles. The standard InChI is InChI=1S/C24H34N2O7S/c1-24(2,3)33-23(27)25-13-15-30-17-18-31-16-14-26-34(28,29)22-11-9-21(10-12-22)32-19-20-7-5-4-6-8-20/h4-12,26H,13-19H2,1-3H3,(H,25,27). The third kappa shape index (κ3) is 11.5. The molecule has 188 valence electrons. The van der Waals surface area contributed by atoms with E-state index in [4.69, 9.17) is 18.9 Å². The molecule has 0 aliphatic carbocycles. The molecule has 34 heavy (non-hydrogen) atoms. The van der Waals surface area contributed by atoms with Crippen LogP contribution in [0.3, 0.4) is 0 Å². The first-order valence-corrected chi connectivity index (χ1v) is 12.5. The van der Waals surface area contributed by atoms with Crippen molar-refractivity contribution >= 4 is 16.1 Å². The molecule has 0 spiro atoms. The molecule has 0 saturated carbocycles. The second-order valence-corrected chi connectivity index (χ2v) is 10.1. The molecule has 0 aliphatic heterocycles. The van der Waals surface area contributed by atoms with E-state index in [1.807, 2.05) is 30.3 Å². The Hall–Kier alpha value is -2.66. The third-order valence-electron chi connectivity index (χ3n) is 4.21. The lowest BCUT2D eigenvalue weighted by Crippen LogP contribution is -2.34. The highest BCUT2D eigenvalue weighted by Crippen LogP contribution is 2.17. The van der Waals surface area contributed by atoms with Crippen LogP contribution in [0.4, 0.5) is 4.79 Å². The maximum absolute atomic E-state index is 12.4. The molecule has 0 radical (unpaired) electrons. The van der Waals surface area contributed by atoms with E-state index < -0.39 is 21.7 Å². The molecule has 0 unspecified atom stereocenters. The fourth-order valence-corrected chi connectivity index (χ4v) is 3.66. The van der Waals surface area contributed by atoms with Crippen molar-refractivity contribution in [2.24, 2.45) is 0 Å². The minimum absolute atomic E-state index is 0.134. The number of carbonyl (C=O) groups is 1. The number of benzene rings is 2. The summed E-state index contributed by atoms with van der Waals surface area (Å²) in [5, 5.41) is 2.59. The molecule has 0 atom stereocenters. The topological polar surface area (TPSA) is 112 Å². The SMILES string of the molecule is CC(C)(C)OC(=O)NCCOCCOCCNS(=O)(=O)c1ccc(OCc2ccccc2)cc1. The Morgan fingerprint density at radius 2 is 1.47 bits per heavy atom. The molecule has 0 aliphatic rings. The zero-order chi connectivity index (χ0) is 24.9. The van der Waals surface area contributed by atoms with Gasteiger partial charge in [0.1, 0.15) is 18.0 Å². The smallest absolute Gasteiger partial charge is 0.407 e. The van der Waals surface area contributed by atoms with Gasteiger partial charge in [-0.3, -0.25) is 0 Å². The number of alkyl carbamates (subject to hydrolysis) is 1. The van der Waals surface area contributed by atoms with Gasteiger partial charge in [0.15, 0.2) is 0 Å². The summed E-state index contributed by atoms with van der Waals surface area (Å²) < 4.78 is 48.8. The van der Waals surface area contributed by atoms with Crippen molar-refractivity contribution in [1.29, 1.82) is 0 Å². The van der Waals surface area contributed by atoms with E-state index in [0.29, 0.717) is 38.7 Å². The molecule has 0 saturated heterocycles. The van der Waals surface area contributed by atoms with Crippen molar-refractivity contribution in [3.63, 3.8) is 0 Å². The highest BCUT2D eigenvalue weighted by Gasteiger charge is 2.15. The fourth-order valence-electron chi connectivity index (χ4n) is 2.65. The predicted octanol–water partition coefficient (Wildman–Crippen LogP) is 3.10. The van der Waals surface area contributed by atoms with E-state index in [1.165, 1.54) is 12.1 Å². The number of hydrogen-bond donors (Lipinski definition) is 2. The number of rotatable bonds is 14. The fraction of sp³-hybridized carbons (Fsp3) is 0.458. The maximum Gasteiger partial charge on any atom is 0.407 e. The molecular formula is C24H34N2O7S. The van der Waals surface area contributed by atoms with Crippen LogP contribution in [0.15, 0.2) is 59.5 Å². The number of hydrogen-bond acceptors (Lipinski definition) is 7. The first-order valence-electron chi connectivity index (χ1n) is 11.0. The molecule has 1 amide bonds. The highest BCUT2D eigenvalue weighted by molar-refractivity contribution is 7.89. The quantitative estimate of drug-likeness (QED) is 0.388. The van der Waals surface area contributed by atoms with Crippen LogP contribution in [0.5, 0.6) is 5.75 Å². The summed E-state index contributed by atoms with van der Waals surface area (Å²) in [6, 6.07) is 16.0. The van der Waals surface area contributed by atoms with Gasteiger partial charge in [-0.15, -0.1) is 0 Å². The van der Waals surface area contributed by atoms with Crippen molar-refractivity contribution in [1.82, 2.24) is 10.0 Å². The van der Waals surface area contributed by atoms with Gasteiger partial charge in [0.25, 0.3) is 0 Å². The number of ether oxygens (including phenoxy) is 4. The van der Waals surface area contributed by atoms with Crippen LogP contribution in [0.25, 0.3) is 0 Å². The largest absolute Gasteiger partial charge is 0.489 e. The molecule has 0 bridgehead atoms. The first-order chi connectivity index (χ1) is 16.2. The van der Waals surface area contributed by atoms with Crippen LogP contribution in [-0.2, 0) is 30.8 Å². The van der Waals surface area contributed by atoms with E-state index in [9.17, 15) is 13.2 Å². The predicted molar refractivity (Wildman–Crippen MR) is 128 cm³/mol. The van der Waals surface area contributed by atoms with Crippen LogP contribution >= 0.6 is 0 Å². The lowest BCUT2D eigenvalue weighted by Gasteiger charge is -2.19. The molecule has 0 heterocycles. The van der Waals surface area contributed by atoms with Crippen molar-refractivity contribution in [2.75, 3.05) is 39.5 Å². The van der Waals surface area contributed by atoms with Crippen LogP contribution in [0.1, 0.15) is 26.3 Å². The molecule has 2 aromatic rings. The summed E-state index contributed by atoms with van der Waals surface area (Å²) in [5.74, 6) is 0.590. The number of nitrogens with one attached hydrogen (secondary N) is 2. The second kappa shape index (κ2) is 13.9. The lowest BCUT2D eigenvalue weighted by molar-refractivity contribution is 0.0408. The van der Waals surface area contributed by atoms with Gasteiger partial charge in [-0.05, 0) is 50.6 Å². The van der Waals surface area contributed by atoms with Crippen LogP contribution in [0.2, 0.25) is 0 Å². The van der Waals surface area contributed by atoms with E-state index in [-0.39, 0.29) is 18.0 Å². The Kier molecular flexibility index (Phi) is 11.3. The van der Waals surface area contributed by atoms with E-state index >= 15 is 0 Å². The Balaban J connectivity index is 1.55. The maximum atomic E-state index is 12.4. The van der Waals surface area contributed by atoms with E-state index in [2.05, 4.69) is 10.0 Å². The molecule has 0 aromatic heterocycles. The van der Waals surface area contributed by atoms with Crippen molar-refractivity contribution in [2.45, 2.75) is 37.9 Å². The van der Waals surface area contributed by atoms with Gasteiger partial charge in [0, 0.05) is 13.1 Å². The average Bonchev–Trinajstić information content (AvgIpc) is 2.78. The number of sulfonamides is 1. The Labute approximate surface area is 201 Å². The number of amides is 1. The zero-order valence-electron chi connectivity index (χ0n) is 19.9. The van der Waals surface area contributed by atoms with Crippen molar-refractivity contribution < 1.29 is 32.2 Å². The molecule has 10 heteroatoms. The zero-order valence-corrected chi connectivity index (χ0v) is 20.7. The van der Waals surface area contributed by atoms with Crippen LogP contribution in [-0.4, -0.2) is 59.6 Å². The molecule has 0 fully saturated rings. The summed E-state index contributed by atoms with van der Waals surface area (Å²) in [4.78, 5) is 11.6. The Bertz CT molecular complexity index is 959.